The fourth-order valence-electron chi connectivity index (χ4n) is 2.65. The second kappa shape index (κ2) is 9.18. The molecule has 0 bridgehead atoms. The van der Waals surface area contributed by atoms with Crippen LogP contribution in [0.5, 0.6) is 0 Å². The zero-order chi connectivity index (χ0) is 13.2. The molecule has 1 aliphatic rings. The van der Waals surface area contributed by atoms with Crippen molar-refractivity contribution in [2.75, 3.05) is 6.61 Å². The van der Waals surface area contributed by atoms with E-state index in [1.54, 1.807) is 6.92 Å². The zero-order valence-electron chi connectivity index (χ0n) is 11.9. The highest BCUT2D eigenvalue weighted by Gasteiger charge is 2.11. The number of unbranched alkanes of at least 4 members (excludes halogenated alkanes) is 2. The normalized spacial score (nSPS) is 17.2. The Kier molecular flexibility index (Phi) is 7.79. The summed E-state index contributed by atoms with van der Waals surface area (Å²) in [6, 6.07) is 0. The van der Waals surface area contributed by atoms with Crippen LogP contribution < -0.4 is 0 Å². The van der Waals surface area contributed by atoms with Gasteiger partial charge in [-0.05, 0) is 19.3 Å². The summed E-state index contributed by atoms with van der Waals surface area (Å²) in [5.74, 6) is 0.712. The lowest BCUT2D eigenvalue weighted by atomic mass is 9.94. The maximum absolute atomic E-state index is 11.1. The van der Waals surface area contributed by atoms with Gasteiger partial charge in [-0.15, -0.1) is 0 Å². The molecule has 0 heterocycles. The molecule has 2 heteroatoms. The van der Waals surface area contributed by atoms with Crippen molar-refractivity contribution in [3.63, 3.8) is 0 Å². The molecule has 0 N–H and O–H groups in total. The highest BCUT2D eigenvalue weighted by molar-refractivity contribution is 5.86. The molecular weight excluding hydrogens is 224 g/mol. The van der Waals surface area contributed by atoms with Gasteiger partial charge in [-0.3, -0.25) is 0 Å². The van der Waals surface area contributed by atoms with Gasteiger partial charge >= 0.3 is 5.97 Å². The minimum atomic E-state index is -0.251. The van der Waals surface area contributed by atoms with E-state index in [2.05, 4.69) is 6.58 Å². The fourth-order valence-corrected chi connectivity index (χ4v) is 2.65. The number of carbonyl (C=O) groups excluding carboxylic acids is 1. The summed E-state index contributed by atoms with van der Waals surface area (Å²) in [6.45, 7) is 5.81. The van der Waals surface area contributed by atoms with Crippen molar-refractivity contribution in [3.8, 4) is 0 Å². The third-order valence-electron chi connectivity index (χ3n) is 3.81. The Bertz CT molecular complexity index is 250. The van der Waals surface area contributed by atoms with E-state index in [4.69, 9.17) is 4.74 Å². The van der Waals surface area contributed by atoms with Gasteiger partial charge in [-0.25, -0.2) is 4.79 Å². The van der Waals surface area contributed by atoms with Crippen LogP contribution in [0.3, 0.4) is 0 Å². The van der Waals surface area contributed by atoms with Gasteiger partial charge < -0.3 is 4.74 Å². The number of ether oxygens (including phenoxy) is 1. The SMILES string of the molecule is C=C(C)C(=O)OCCCCCC1CCCCCC1. The molecule has 1 saturated carbocycles. The molecule has 0 saturated heterocycles. The standard InChI is InChI=1S/C16H28O2/c1-14(2)16(17)18-13-9-5-8-12-15-10-6-3-4-7-11-15/h15H,1,3-13H2,2H3. The van der Waals surface area contributed by atoms with Crippen LogP contribution in [-0.4, -0.2) is 12.6 Å². The summed E-state index contributed by atoms with van der Waals surface area (Å²) in [5.41, 5.74) is 0.494. The number of hydrogen-bond donors (Lipinski definition) is 0. The first-order chi connectivity index (χ1) is 8.70. The summed E-state index contributed by atoms with van der Waals surface area (Å²) in [6.07, 6.45) is 13.4. The molecule has 0 aromatic rings. The number of rotatable bonds is 7. The highest BCUT2D eigenvalue weighted by atomic mass is 16.5. The van der Waals surface area contributed by atoms with E-state index in [9.17, 15) is 4.79 Å². The minimum absolute atomic E-state index is 0.251. The lowest BCUT2D eigenvalue weighted by Gasteiger charge is -2.13. The molecule has 1 aliphatic carbocycles. The average molecular weight is 252 g/mol. The van der Waals surface area contributed by atoms with Gasteiger partial charge in [0, 0.05) is 5.57 Å². The van der Waals surface area contributed by atoms with E-state index in [1.165, 1.54) is 57.8 Å². The molecule has 0 spiro atoms. The Morgan fingerprint density at radius 2 is 1.78 bits per heavy atom. The lowest BCUT2D eigenvalue weighted by molar-refractivity contribution is -0.139. The van der Waals surface area contributed by atoms with Crippen molar-refractivity contribution in [2.24, 2.45) is 5.92 Å². The van der Waals surface area contributed by atoms with E-state index >= 15 is 0 Å². The maximum atomic E-state index is 11.1. The van der Waals surface area contributed by atoms with Crippen molar-refractivity contribution < 1.29 is 9.53 Å². The molecule has 0 atom stereocenters. The second-order valence-electron chi connectivity index (χ2n) is 5.62. The fraction of sp³-hybridized carbons (Fsp3) is 0.812. The van der Waals surface area contributed by atoms with Gasteiger partial charge in [-0.1, -0.05) is 64.4 Å². The van der Waals surface area contributed by atoms with Crippen molar-refractivity contribution >= 4 is 5.97 Å². The molecule has 0 unspecified atom stereocenters. The first kappa shape index (κ1) is 15.3. The Morgan fingerprint density at radius 1 is 1.11 bits per heavy atom. The molecule has 0 aliphatic heterocycles. The lowest BCUT2D eigenvalue weighted by Crippen LogP contribution is -2.06. The maximum Gasteiger partial charge on any atom is 0.333 e. The smallest absolute Gasteiger partial charge is 0.333 e. The predicted octanol–water partition coefficient (Wildman–Crippen LogP) is 4.64. The van der Waals surface area contributed by atoms with E-state index < -0.39 is 0 Å². The van der Waals surface area contributed by atoms with Gasteiger partial charge in [0.1, 0.15) is 0 Å². The van der Waals surface area contributed by atoms with E-state index in [1.807, 2.05) is 0 Å². The molecular formula is C16H28O2. The minimum Gasteiger partial charge on any atom is -0.462 e. The van der Waals surface area contributed by atoms with Gasteiger partial charge in [0.25, 0.3) is 0 Å². The first-order valence-electron chi connectivity index (χ1n) is 7.53. The van der Waals surface area contributed by atoms with Crippen LogP contribution in [-0.2, 0) is 9.53 Å². The van der Waals surface area contributed by atoms with Crippen LogP contribution in [0.4, 0.5) is 0 Å². The van der Waals surface area contributed by atoms with Gasteiger partial charge in [-0.2, -0.15) is 0 Å². The van der Waals surface area contributed by atoms with Crippen LogP contribution in [0.25, 0.3) is 0 Å². The predicted molar refractivity (Wildman–Crippen MR) is 75.4 cm³/mol. The summed E-state index contributed by atoms with van der Waals surface area (Å²) in [5, 5.41) is 0. The van der Waals surface area contributed by atoms with Crippen LogP contribution in [0.15, 0.2) is 12.2 Å². The Morgan fingerprint density at radius 3 is 2.39 bits per heavy atom. The van der Waals surface area contributed by atoms with Crippen LogP contribution in [0.1, 0.15) is 71.1 Å². The number of esters is 1. The number of hydrogen-bond acceptors (Lipinski definition) is 2. The van der Waals surface area contributed by atoms with Crippen LogP contribution in [0.2, 0.25) is 0 Å². The molecule has 0 amide bonds. The third-order valence-corrected chi connectivity index (χ3v) is 3.81. The average Bonchev–Trinajstić information content (AvgIpc) is 2.61. The Hall–Kier alpha value is -0.790. The van der Waals surface area contributed by atoms with E-state index in [-0.39, 0.29) is 5.97 Å². The van der Waals surface area contributed by atoms with Crippen LogP contribution >= 0.6 is 0 Å². The van der Waals surface area contributed by atoms with Gasteiger partial charge in [0.05, 0.1) is 6.61 Å². The van der Waals surface area contributed by atoms with Crippen LogP contribution in [0, 0.1) is 5.92 Å². The summed E-state index contributed by atoms with van der Waals surface area (Å²) >= 11 is 0. The molecule has 0 radical (unpaired) electrons. The molecule has 1 fully saturated rings. The van der Waals surface area contributed by atoms with E-state index in [0.717, 1.165) is 12.3 Å². The molecule has 1 rings (SSSR count). The summed E-state index contributed by atoms with van der Waals surface area (Å²) in [4.78, 5) is 11.1. The number of carbonyl (C=O) groups is 1. The van der Waals surface area contributed by atoms with Crippen molar-refractivity contribution in [1.29, 1.82) is 0 Å². The van der Waals surface area contributed by atoms with Crippen molar-refractivity contribution in [2.45, 2.75) is 71.1 Å². The molecule has 18 heavy (non-hydrogen) atoms. The van der Waals surface area contributed by atoms with Crippen molar-refractivity contribution in [1.82, 2.24) is 0 Å². The van der Waals surface area contributed by atoms with Gasteiger partial charge in [0.15, 0.2) is 0 Å². The topological polar surface area (TPSA) is 26.3 Å². The molecule has 0 aromatic heterocycles. The molecule has 104 valence electrons. The summed E-state index contributed by atoms with van der Waals surface area (Å²) < 4.78 is 5.08. The van der Waals surface area contributed by atoms with Gasteiger partial charge in [0.2, 0.25) is 0 Å². The molecule has 0 aromatic carbocycles. The third kappa shape index (κ3) is 6.83. The Labute approximate surface area is 112 Å². The quantitative estimate of drug-likeness (QED) is 0.286. The first-order valence-corrected chi connectivity index (χ1v) is 7.53. The monoisotopic (exact) mass is 252 g/mol. The highest BCUT2D eigenvalue weighted by Crippen LogP contribution is 2.26. The summed E-state index contributed by atoms with van der Waals surface area (Å²) in [7, 11) is 0. The van der Waals surface area contributed by atoms with E-state index in [0.29, 0.717) is 12.2 Å². The molecule has 2 nitrogen and oxygen atoms in total. The Balaban J connectivity index is 1.94. The zero-order valence-corrected chi connectivity index (χ0v) is 11.9. The van der Waals surface area contributed by atoms with Crippen molar-refractivity contribution in [3.05, 3.63) is 12.2 Å². The second-order valence-corrected chi connectivity index (χ2v) is 5.62. The largest absolute Gasteiger partial charge is 0.462 e.